The van der Waals surface area contributed by atoms with Crippen LogP contribution in [0.5, 0.6) is 0 Å². The molecule has 2 aromatic carbocycles. The van der Waals surface area contributed by atoms with E-state index >= 15 is 0 Å². The molecule has 0 aliphatic rings. The molecule has 3 aromatic rings. The highest BCUT2D eigenvalue weighted by Crippen LogP contribution is 2.09. The van der Waals surface area contributed by atoms with E-state index in [4.69, 9.17) is 4.42 Å². The van der Waals surface area contributed by atoms with Crippen molar-refractivity contribution in [1.82, 2.24) is 10.6 Å². The molecule has 1 aromatic heterocycles. The number of furan rings is 1. The lowest BCUT2D eigenvalue weighted by Gasteiger charge is -2.21. The number of hydrogen-bond acceptors (Lipinski definition) is 5. The van der Waals surface area contributed by atoms with E-state index in [0.717, 1.165) is 5.56 Å². The lowest BCUT2D eigenvalue weighted by Crippen LogP contribution is -2.50. The van der Waals surface area contributed by atoms with Crippen LogP contribution in [0.4, 0.5) is 0 Å². The Hall–Kier alpha value is -4.13. The SMILES string of the molecule is O=C(N[C@@H](Cc1ccccc1)C(=O)[O-])/C(=C\c1ccccc1)NC(=O)c1ccco1. The van der Waals surface area contributed by atoms with Crippen LogP contribution in [0.3, 0.4) is 0 Å². The minimum atomic E-state index is -1.43. The average Bonchev–Trinajstić information content (AvgIpc) is 3.29. The molecule has 0 aliphatic carbocycles. The van der Waals surface area contributed by atoms with Crippen LogP contribution in [-0.2, 0) is 16.0 Å². The first-order valence-corrected chi connectivity index (χ1v) is 9.20. The van der Waals surface area contributed by atoms with E-state index < -0.39 is 23.8 Å². The van der Waals surface area contributed by atoms with E-state index in [1.54, 1.807) is 60.7 Å². The third-order valence-electron chi connectivity index (χ3n) is 4.22. The predicted molar refractivity (Wildman–Crippen MR) is 108 cm³/mol. The molecular formula is C23H19N2O5-. The number of hydrogen-bond donors (Lipinski definition) is 2. The summed E-state index contributed by atoms with van der Waals surface area (Å²) in [7, 11) is 0. The molecule has 2 N–H and O–H groups in total. The summed E-state index contributed by atoms with van der Waals surface area (Å²) in [4.78, 5) is 36.8. The summed E-state index contributed by atoms with van der Waals surface area (Å²) in [5.74, 6) is -2.81. The van der Waals surface area contributed by atoms with E-state index in [-0.39, 0.29) is 17.9 Å². The molecular weight excluding hydrogens is 384 g/mol. The normalized spacial score (nSPS) is 12.1. The lowest BCUT2D eigenvalue weighted by molar-refractivity contribution is -0.308. The zero-order chi connectivity index (χ0) is 21.3. The zero-order valence-electron chi connectivity index (χ0n) is 15.9. The second-order valence-electron chi connectivity index (χ2n) is 6.43. The van der Waals surface area contributed by atoms with Gasteiger partial charge in [0.05, 0.1) is 18.3 Å². The van der Waals surface area contributed by atoms with Crippen LogP contribution in [0.25, 0.3) is 6.08 Å². The molecule has 0 aliphatic heterocycles. The molecule has 1 heterocycles. The molecule has 30 heavy (non-hydrogen) atoms. The third-order valence-corrected chi connectivity index (χ3v) is 4.22. The van der Waals surface area contributed by atoms with Crippen LogP contribution in [0.2, 0.25) is 0 Å². The van der Waals surface area contributed by atoms with Crippen molar-refractivity contribution in [3.8, 4) is 0 Å². The zero-order valence-corrected chi connectivity index (χ0v) is 15.9. The van der Waals surface area contributed by atoms with Crippen molar-refractivity contribution < 1.29 is 23.9 Å². The topological polar surface area (TPSA) is 111 Å². The summed E-state index contributed by atoms with van der Waals surface area (Å²) >= 11 is 0. The first-order chi connectivity index (χ1) is 14.5. The monoisotopic (exact) mass is 403 g/mol. The summed E-state index contributed by atoms with van der Waals surface area (Å²) < 4.78 is 5.05. The van der Waals surface area contributed by atoms with Crippen LogP contribution in [-0.4, -0.2) is 23.8 Å². The van der Waals surface area contributed by atoms with Crippen LogP contribution in [0.1, 0.15) is 21.7 Å². The molecule has 0 spiro atoms. The Labute approximate surface area is 173 Å². The molecule has 0 saturated carbocycles. The number of aliphatic carboxylic acids is 1. The van der Waals surface area contributed by atoms with Gasteiger partial charge in [-0.15, -0.1) is 0 Å². The highest BCUT2D eigenvalue weighted by atomic mass is 16.4. The van der Waals surface area contributed by atoms with Gasteiger partial charge in [0.1, 0.15) is 5.70 Å². The maximum Gasteiger partial charge on any atom is 0.291 e. The van der Waals surface area contributed by atoms with E-state index in [2.05, 4.69) is 10.6 Å². The fourth-order valence-electron chi connectivity index (χ4n) is 2.75. The highest BCUT2D eigenvalue weighted by molar-refractivity contribution is 6.05. The Morgan fingerprint density at radius 1 is 0.933 bits per heavy atom. The van der Waals surface area contributed by atoms with Gasteiger partial charge in [0.25, 0.3) is 11.8 Å². The number of nitrogens with one attached hydrogen (secondary N) is 2. The fourth-order valence-corrected chi connectivity index (χ4v) is 2.75. The largest absolute Gasteiger partial charge is 0.548 e. The van der Waals surface area contributed by atoms with Crippen molar-refractivity contribution in [2.75, 3.05) is 0 Å². The average molecular weight is 403 g/mol. The third kappa shape index (κ3) is 5.68. The van der Waals surface area contributed by atoms with Gasteiger partial charge in [-0.3, -0.25) is 9.59 Å². The second kappa shape index (κ2) is 9.88. The summed E-state index contributed by atoms with van der Waals surface area (Å²) in [6.45, 7) is 0. The van der Waals surface area contributed by atoms with Gasteiger partial charge in [-0.05, 0) is 35.8 Å². The van der Waals surface area contributed by atoms with Gasteiger partial charge in [0, 0.05) is 0 Å². The number of carbonyl (C=O) groups is 3. The van der Waals surface area contributed by atoms with Gasteiger partial charge in [0.2, 0.25) is 0 Å². The van der Waals surface area contributed by atoms with E-state index in [0.29, 0.717) is 5.56 Å². The molecule has 1 atom stereocenters. The van der Waals surface area contributed by atoms with Crippen molar-refractivity contribution >= 4 is 23.9 Å². The van der Waals surface area contributed by atoms with Gasteiger partial charge >= 0.3 is 0 Å². The minimum Gasteiger partial charge on any atom is -0.548 e. The molecule has 3 rings (SSSR count). The molecule has 0 fully saturated rings. The van der Waals surface area contributed by atoms with Crippen LogP contribution >= 0.6 is 0 Å². The summed E-state index contributed by atoms with van der Waals surface area (Å²) in [6.07, 6.45) is 2.83. The number of carbonyl (C=O) groups excluding carboxylic acids is 3. The van der Waals surface area contributed by atoms with Crippen LogP contribution in [0, 0.1) is 0 Å². The van der Waals surface area contributed by atoms with E-state index in [1.807, 2.05) is 6.07 Å². The lowest BCUT2D eigenvalue weighted by atomic mass is 10.1. The Kier molecular flexibility index (Phi) is 6.78. The molecule has 0 unspecified atom stereocenters. The molecule has 152 valence electrons. The maximum atomic E-state index is 12.8. The van der Waals surface area contributed by atoms with Crippen LogP contribution < -0.4 is 15.7 Å². The summed E-state index contributed by atoms with van der Waals surface area (Å²) in [5.41, 5.74) is 1.25. The van der Waals surface area contributed by atoms with E-state index in [1.165, 1.54) is 18.4 Å². The minimum absolute atomic E-state index is 0.0162. The Morgan fingerprint density at radius 3 is 2.20 bits per heavy atom. The summed E-state index contributed by atoms with van der Waals surface area (Å²) in [5, 5.41) is 16.5. The van der Waals surface area contributed by atoms with Gasteiger partial charge in [0.15, 0.2) is 5.76 Å². The second-order valence-corrected chi connectivity index (χ2v) is 6.43. The quantitative estimate of drug-likeness (QED) is 0.554. The highest BCUT2D eigenvalue weighted by Gasteiger charge is 2.20. The first-order valence-electron chi connectivity index (χ1n) is 9.20. The van der Waals surface area contributed by atoms with Gasteiger partial charge in [-0.25, -0.2) is 0 Å². The number of rotatable bonds is 8. The standard InChI is InChI=1S/C23H20N2O5/c26-21(25-19(23(28)29)15-17-10-5-2-6-11-17)18(14-16-8-3-1-4-9-16)24-22(27)20-12-7-13-30-20/h1-14,19H,15H2,(H,24,27)(H,25,26)(H,28,29)/p-1/b18-14+/t19-/m0/s1. The molecule has 0 bridgehead atoms. The Morgan fingerprint density at radius 2 is 1.60 bits per heavy atom. The number of carboxylic acids is 1. The molecule has 7 heteroatoms. The smallest absolute Gasteiger partial charge is 0.291 e. The van der Waals surface area contributed by atoms with Crippen molar-refractivity contribution in [2.24, 2.45) is 0 Å². The van der Waals surface area contributed by atoms with Gasteiger partial charge in [-0.1, -0.05) is 60.7 Å². The fraction of sp³-hybridized carbons (Fsp3) is 0.0870. The van der Waals surface area contributed by atoms with Crippen molar-refractivity contribution in [3.05, 3.63) is 102 Å². The van der Waals surface area contributed by atoms with Crippen molar-refractivity contribution in [3.63, 3.8) is 0 Å². The number of carboxylic acid groups (broad SMARTS) is 1. The van der Waals surface area contributed by atoms with E-state index in [9.17, 15) is 19.5 Å². The molecule has 0 saturated heterocycles. The number of benzene rings is 2. The first kappa shape index (κ1) is 20.6. The Balaban J connectivity index is 1.82. The maximum absolute atomic E-state index is 12.8. The van der Waals surface area contributed by atoms with Crippen LogP contribution in [0.15, 0.2) is 89.2 Å². The molecule has 7 nitrogen and oxygen atoms in total. The number of amides is 2. The van der Waals surface area contributed by atoms with Gasteiger partial charge < -0.3 is 25.0 Å². The van der Waals surface area contributed by atoms with Crippen molar-refractivity contribution in [2.45, 2.75) is 12.5 Å². The molecule has 2 amide bonds. The predicted octanol–water partition coefficient (Wildman–Crippen LogP) is 1.53. The molecule has 0 radical (unpaired) electrons. The van der Waals surface area contributed by atoms with Crippen molar-refractivity contribution in [1.29, 1.82) is 0 Å². The summed E-state index contributed by atoms with van der Waals surface area (Å²) in [6, 6.07) is 19.4. The van der Waals surface area contributed by atoms with Gasteiger partial charge in [-0.2, -0.15) is 0 Å². The Bertz CT molecular complexity index is 1030.